The molecule has 3 aromatic rings. The third-order valence-corrected chi connectivity index (χ3v) is 7.86. The molecule has 1 aromatic heterocycles. The van der Waals surface area contributed by atoms with Gasteiger partial charge in [-0.25, -0.2) is 0 Å². The van der Waals surface area contributed by atoms with Gasteiger partial charge in [0.05, 0.1) is 6.04 Å². The van der Waals surface area contributed by atoms with E-state index in [2.05, 4.69) is 37.4 Å². The maximum absolute atomic E-state index is 13.6. The van der Waals surface area contributed by atoms with Gasteiger partial charge in [-0.1, -0.05) is 43.6 Å². The number of hydrogen-bond donors (Lipinski definition) is 0. The van der Waals surface area contributed by atoms with Gasteiger partial charge in [0.1, 0.15) is 18.9 Å². The highest BCUT2D eigenvalue weighted by Crippen LogP contribution is 2.34. The normalized spacial score (nSPS) is 15.2. The highest BCUT2D eigenvalue weighted by molar-refractivity contribution is 7.10. The Morgan fingerprint density at radius 2 is 1.86 bits per heavy atom. The van der Waals surface area contributed by atoms with Crippen LogP contribution in [0.25, 0.3) is 0 Å². The average Bonchev–Trinajstić information content (AvgIpc) is 3.34. The first kappa shape index (κ1) is 26.2. The summed E-state index contributed by atoms with van der Waals surface area (Å²) < 4.78 is 6.18. The van der Waals surface area contributed by atoms with Gasteiger partial charge in [-0.2, -0.15) is 0 Å². The van der Waals surface area contributed by atoms with E-state index in [0.717, 1.165) is 17.7 Å². The smallest absolute Gasteiger partial charge is 0.254 e. The molecule has 0 N–H and O–H groups in total. The van der Waals surface area contributed by atoms with Crippen molar-refractivity contribution in [1.82, 2.24) is 9.80 Å². The molecule has 4 rings (SSSR count). The standard InChI is InChI=1S/C29H33ClN2O3S/c1-19(2)21-8-10-24(11-9-21)35-18-26-25-13-15-36-27(25)12-14-31(26)28(33)17-32(20(3)4)29(34)22-6-5-7-23(30)16-22/h5-11,13,15-16,19-20,26H,12,14,17-18H2,1-4H3. The van der Waals surface area contributed by atoms with Crippen molar-refractivity contribution >= 4 is 34.8 Å². The van der Waals surface area contributed by atoms with Crippen LogP contribution in [0.15, 0.2) is 60.0 Å². The van der Waals surface area contributed by atoms with Crippen LogP contribution in [0.3, 0.4) is 0 Å². The molecule has 0 saturated heterocycles. The topological polar surface area (TPSA) is 49.9 Å². The van der Waals surface area contributed by atoms with E-state index in [1.54, 1.807) is 40.5 Å². The second-order valence-electron chi connectivity index (χ2n) is 9.72. The van der Waals surface area contributed by atoms with Crippen molar-refractivity contribution in [2.45, 2.75) is 52.1 Å². The minimum Gasteiger partial charge on any atom is -0.491 e. The van der Waals surface area contributed by atoms with Gasteiger partial charge in [0.15, 0.2) is 0 Å². The van der Waals surface area contributed by atoms with E-state index in [4.69, 9.17) is 16.3 Å². The number of carbonyl (C=O) groups excluding carboxylic acids is 2. The minimum absolute atomic E-state index is 0.00205. The van der Waals surface area contributed by atoms with Gasteiger partial charge < -0.3 is 14.5 Å². The Kier molecular flexibility index (Phi) is 8.37. The molecule has 2 heterocycles. The van der Waals surface area contributed by atoms with Crippen molar-refractivity contribution in [1.29, 1.82) is 0 Å². The second kappa shape index (κ2) is 11.5. The first-order valence-corrected chi connectivity index (χ1v) is 13.7. The molecule has 0 bridgehead atoms. The Morgan fingerprint density at radius 1 is 1.11 bits per heavy atom. The molecule has 5 nitrogen and oxygen atoms in total. The van der Waals surface area contributed by atoms with E-state index in [1.807, 2.05) is 30.9 Å². The van der Waals surface area contributed by atoms with E-state index >= 15 is 0 Å². The number of amides is 2. The van der Waals surface area contributed by atoms with Gasteiger partial charge in [0, 0.05) is 28.0 Å². The van der Waals surface area contributed by atoms with Crippen LogP contribution in [0, 0.1) is 0 Å². The van der Waals surface area contributed by atoms with Gasteiger partial charge in [-0.05, 0) is 79.1 Å². The van der Waals surface area contributed by atoms with Crippen LogP contribution in [0.1, 0.15) is 66.0 Å². The number of halogens is 1. The number of hydrogen-bond acceptors (Lipinski definition) is 4. The summed E-state index contributed by atoms with van der Waals surface area (Å²) in [6, 6.07) is 16.7. The summed E-state index contributed by atoms with van der Waals surface area (Å²) in [7, 11) is 0. The van der Waals surface area contributed by atoms with Crippen LogP contribution < -0.4 is 4.74 Å². The zero-order valence-electron chi connectivity index (χ0n) is 21.2. The Bertz CT molecular complexity index is 1210. The molecule has 190 valence electrons. The number of nitrogens with zero attached hydrogens (tertiary/aromatic N) is 2. The fourth-order valence-electron chi connectivity index (χ4n) is 4.51. The van der Waals surface area contributed by atoms with Crippen LogP contribution in [-0.4, -0.2) is 47.4 Å². The Morgan fingerprint density at radius 3 is 2.53 bits per heavy atom. The molecule has 1 aliphatic rings. The van der Waals surface area contributed by atoms with Gasteiger partial charge >= 0.3 is 0 Å². The van der Waals surface area contributed by atoms with Gasteiger partial charge in [-0.15, -0.1) is 11.3 Å². The number of fused-ring (bicyclic) bond motifs is 1. The Labute approximate surface area is 222 Å². The SMILES string of the molecule is CC(C)c1ccc(OCC2c3ccsc3CCN2C(=O)CN(C(=O)c2cccc(Cl)c2)C(C)C)cc1. The van der Waals surface area contributed by atoms with E-state index in [0.29, 0.717) is 29.7 Å². The summed E-state index contributed by atoms with van der Waals surface area (Å²) >= 11 is 7.83. The molecule has 0 spiro atoms. The summed E-state index contributed by atoms with van der Waals surface area (Å²) in [5, 5.41) is 2.57. The van der Waals surface area contributed by atoms with Crippen LogP contribution in [-0.2, 0) is 11.2 Å². The molecule has 0 saturated carbocycles. The lowest BCUT2D eigenvalue weighted by Gasteiger charge is -2.37. The average molecular weight is 525 g/mol. The van der Waals surface area contributed by atoms with Crippen molar-refractivity contribution in [3.63, 3.8) is 0 Å². The maximum atomic E-state index is 13.6. The van der Waals surface area contributed by atoms with Crippen LogP contribution in [0.2, 0.25) is 5.02 Å². The van der Waals surface area contributed by atoms with Crippen molar-refractivity contribution in [2.75, 3.05) is 19.7 Å². The lowest BCUT2D eigenvalue weighted by atomic mass is 10.00. The Hall–Kier alpha value is -2.83. The molecule has 36 heavy (non-hydrogen) atoms. The summed E-state index contributed by atoms with van der Waals surface area (Å²) in [6.45, 7) is 9.13. The number of rotatable bonds is 8. The van der Waals surface area contributed by atoms with Crippen LogP contribution in [0.5, 0.6) is 5.75 Å². The highest BCUT2D eigenvalue weighted by Gasteiger charge is 2.34. The molecule has 0 aliphatic carbocycles. The summed E-state index contributed by atoms with van der Waals surface area (Å²) in [5.41, 5.74) is 2.87. The van der Waals surface area contributed by atoms with Crippen molar-refractivity contribution in [3.8, 4) is 5.75 Å². The number of ether oxygens (including phenoxy) is 1. The zero-order valence-corrected chi connectivity index (χ0v) is 22.8. The lowest BCUT2D eigenvalue weighted by Crippen LogP contribution is -2.49. The molecular weight excluding hydrogens is 492 g/mol. The molecule has 0 radical (unpaired) electrons. The van der Waals surface area contributed by atoms with E-state index in [9.17, 15) is 9.59 Å². The second-order valence-corrected chi connectivity index (χ2v) is 11.2. The molecule has 7 heteroatoms. The maximum Gasteiger partial charge on any atom is 0.254 e. The molecule has 1 atom stereocenters. The van der Waals surface area contributed by atoms with Gasteiger partial charge in [0.25, 0.3) is 5.91 Å². The van der Waals surface area contributed by atoms with Crippen molar-refractivity contribution in [2.24, 2.45) is 0 Å². The fourth-order valence-corrected chi connectivity index (χ4v) is 5.63. The first-order chi connectivity index (χ1) is 17.2. The Balaban J connectivity index is 1.51. The summed E-state index contributed by atoms with van der Waals surface area (Å²) in [5.74, 6) is 0.957. The number of benzene rings is 2. The van der Waals surface area contributed by atoms with E-state index in [1.165, 1.54) is 10.4 Å². The van der Waals surface area contributed by atoms with Gasteiger partial charge in [0.2, 0.25) is 5.91 Å². The fraction of sp³-hybridized carbons (Fsp3) is 0.379. The quantitative estimate of drug-likeness (QED) is 0.334. The van der Waals surface area contributed by atoms with Crippen LogP contribution >= 0.6 is 22.9 Å². The van der Waals surface area contributed by atoms with Crippen molar-refractivity contribution in [3.05, 3.63) is 86.6 Å². The third-order valence-electron chi connectivity index (χ3n) is 6.63. The zero-order chi connectivity index (χ0) is 25.8. The lowest BCUT2D eigenvalue weighted by molar-refractivity contribution is -0.136. The predicted octanol–water partition coefficient (Wildman–Crippen LogP) is 6.58. The first-order valence-electron chi connectivity index (χ1n) is 12.4. The monoisotopic (exact) mass is 524 g/mol. The van der Waals surface area contributed by atoms with Crippen LogP contribution in [0.4, 0.5) is 0 Å². The molecule has 2 aromatic carbocycles. The van der Waals surface area contributed by atoms with Gasteiger partial charge in [-0.3, -0.25) is 9.59 Å². The van der Waals surface area contributed by atoms with E-state index < -0.39 is 0 Å². The number of thiophene rings is 1. The predicted molar refractivity (Wildman–Crippen MR) is 146 cm³/mol. The molecule has 0 fully saturated rings. The molecule has 1 unspecified atom stereocenters. The largest absolute Gasteiger partial charge is 0.491 e. The number of carbonyl (C=O) groups is 2. The van der Waals surface area contributed by atoms with E-state index in [-0.39, 0.29) is 30.4 Å². The summed E-state index contributed by atoms with van der Waals surface area (Å²) in [6.07, 6.45) is 0.808. The molecule has 1 aliphatic heterocycles. The minimum atomic E-state index is -0.202. The molecule has 2 amide bonds. The van der Waals surface area contributed by atoms with Crippen molar-refractivity contribution < 1.29 is 14.3 Å². The highest BCUT2D eigenvalue weighted by atomic mass is 35.5. The molecular formula is C29H33ClN2O3S. The summed E-state index contributed by atoms with van der Waals surface area (Å²) in [4.78, 5) is 31.7. The third kappa shape index (κ3) is 5.93.